The van der Waals surface area contributed by atoms with Gasteiger partial charge in [0.25, 0.3) is 0 Å². The molecule has 5 heteroatoms. The summed E-state index contributed by atoms with van der Waals surface area (Å²) in [6, 6.07) is 3.59. The second kappa shape index (κ2) is 4.53. The Kier molecular flexibility index (Phi) is 3.61. The van der Waals surface area contributed by atoms with Gasteiger partial charge in [0.05, 0.1) is 0 Å². The van der Waals surface area contributed by atoms with Gasteiger partial charge >= 0.3 is 5.97 Å². The van der Waals surface area contributed by atoms with Crippen molar-refractivity contribution in [2.45, 2.75) is 13.3 Å². The first-order valence-electron chi connectivity index (χ1n) is 3.94. The third-order valence-electron chi connectivity index (χ3n) is 1.53. The Bertz CT molecular complexity index is 391. The Labute approximate surface area is 90.5 Å². The van der Waals surface area contributed by atoms with Gasteiger partial charge in [-0.15, -0.1) is 0 Å². The third kappa shape index (κ3) is 2.30. The van der Waals surface area contributed by atoms with Crippen molar-refractivity contribution in [3.8, 4) is 0 Å². The number of benzene rings is 1. The van der Waals surface area contributed by atoms with Crippen LogP contribution in [0.4, 0.5) is 0 Å². The maximum atomic E-state index is 9.37. The van der Waals surface area contributed by atoms with E-state index in [-0.39, 0.29) is 6.42 Å². The van der Waals surface area contributed by atoms with Crippen LogP contribution < -0.4 is 0 Å². The number of hydrogen-bond donors (Lipinski definition) is 1. The van der Waals surface area contributed by atoms with E-state index in [4.69, 9.17) is 32.7 Å². The highest BCUT2D eigenvalue weighted by molar-refractivity contribution is 6.46. The van der Waals surface area contributed by atoms with Crippen molar-refractivity contribution in [1.82, 2.24) is 0 Å². The lowest BCUT2D eigenvalue weighted by atomic mass is 10.4. The number of carboxylic acid groups (broad SMARTS) is 1. The van der Waals surface area contributed by atoms with Gasteiger partial charge in [0.1, 0.15) is 21.2 Å². The number of aliphatic carboxylic acids is 1. The molecule has 0 aliphatic carbocycles. The van der Waals surface area contributed by atoms with E-state index in [0.717, 1.165) is 0 Å². The molecule has 14 heavy (non-hydrogen) atoms. The lowest BCUT2D eigenvalue weighted by Gasteiger charge is -1.81. The van der Waals surface area contributed by atoms with Crippen molar-refractivity contribution in [3.63, 3.8) is 0 Å². The lowest BCUT2D eigenvalue weighted by Crippen LogP contribution is -1.86. The summed E-state index contributed by atoms with van der Waals surface area (Å²) in [5.41, 5.74) is 1.33. The number of halogens is 2. The largest absolute Gasteiger partial charge is 0.481 e. The van der Waals surface area contributed by atoms with Gasteiger partial charge in [-0.1, -0.05) is 30.1 Å². The zero-order valence-electron chi connectivity index (χ0n) is 7.38. The van der Waals surface area contributed by atoms with E-state index in [1.54, 1.807) is 19.1 Å². The van der Waals surface area contributed by atoms with Crippen molar-refractivity contribution in [1.29, 1.82) is 0 Å². The number of carboxylic acids is 1. The van der Waals surface area contributed by atoms with Gasteiger partial charge in [-0.2, -0.15) is 0 Å². The summed E-state index contributed by atoms with van der Waals surface area (Å²) in [4.78, 5) is 9.37. The Morgan fingerprint density at radius 1 is 1.36 bits per heavy atom. The van der Waals surface area contributed by atoms with Gasteiger partial charge in [0, 0.05) is 6.42 Å². The first-order chi connectivity index (χ1) is 6.56. The predicted octanol–water partition coefficient (Wildman–Crippen LogP) is 3.66. The average Bonchev–Trinajstić information content (AvgIpc) is 2.72. The molecule has 0 saturated carbocycles. The fourth-order valence-electron chi connectivity index (χ4n) is 0.790. The molecule has 2 heterocycles. The number of furan rings is 2. The van der Waals surface area contributed by atoms with Crippen LogP contribution in [0.3, 0.4) is 0 Å². The molecule has 3 nitrogen and oxygen atoms in total. The van der Waals surface area contributed by atoms with E-state index < -0.39 is 5.97 Å². The Balaban J connectivity index is 0.000000171. The van der Waals surface area contributed by atoms with E-state index in [0.29, 0.717) is 21.2 Å². The van der Waals surface area contributed by atoms with Crippen LogP contribution in [0.1, 0.15) is 13.3 Å². The SMILES string of the molecule is CCC(=O)O.Clc1c(Cl)c2ccc1o2. The molecule has 2 bridgehead atoms. The zero-order chi connectivity index (χ0) is 10.7. The van der Waals surface area contributed by atoms with Gasteiger partial charge < -0.3 is 9.52 Å². The molecule has 0 aliphatic heterocycles. The predicted molar refractivity (Wildman–Crippen MR) is 55.3 cm³/mol. The summed E-state index contributed by atoms with van der Waals surface area (Å²) in [6.07, 6.45) is 0.222. The van der Waals surface area contributed by atoms with Gasteiger partial charge in [-0.25, -0.2) is 0 Å². The summed E-state index contributed by atoms with van der Waals surface area (Å²) >= 11 is 11.3. The van der Waals surface area contributed by atoms with Gasteiger partial charge in [-0.3, -0.25) is 4.79 Å². The highest BCUT2D eigenvalue weighted by Crippen LogP contribution is 2.36. The summed E-state index contributed by atoms with van der Waals surface area (Å²) in [6.45, 7) is 1.60. The fourth-order valence-corrected chi connectivity index (χ4v) is 1.18. The second-order valence-electron chi connectivity index (χ2n) is 2.54. The van der Waals surface area contributed by atoms with Crippen LogP contribution in [0.2, 0.25) is 10.0 Å². The first-order valence-corrected chi connectivity index (χ1v) is 4.69. The standard InChI is InChI=1S/C6H2Cl2O.C3H6O2/c7-5-3-1-2-4(9-3)6(5)8;1-2-3(4)5/h1-2H;2H2,1H3,(H,4,5). The summed E-state index contributed by atoms with van der Waals surface area (Å²) in [5.74, 6) is -0.745. The Morgan fingerprint density at radius 3 is 1.86 bits per heavy atom. The minimum absolute atomic E-state index is 0.222. The normalized spacial score (nSPS) is 9.93. The number of hydrogen-bond acceptors (Lipinski definition) is 2. The molecule has 0 saturated heterocycles. The molecular weight excluding hydrogens is 227 g/mol. The van der Waals surface area contributed by atoms with Crippen LogP contribution in [0.15, 0.2) is 16.5 Å². The van der Waals surface area contributed by atoms with Crippen LogP contribution in [-0.4, -0.2) is 11.1 Å². The van der Waals surface area contributed by atoms with Crippen LogP contribution in [0.5, 0.6) is 0 Å². The van der Waals surface area contributed by atoms with E-state index in [1.165, 1.54) is 0 Å². The van der Waals surface area contributed by atoms with Gasteiger partial charge in [0.2, 0.25) is 0 Å². The minimum Gasteiger partial charge on any atom is -0.481 e. The molecule has 1 N–H and O–H groups in total. The van der Waals surface area contributed by atoms with Crippen LogP contribution >= 0.6 is 23.2 Å². The molecule has 0 atom stereocenters. The van der Waals surface area contributed by atoms with E-state index in [2.05, 4.69) is 0 Å². The second-order valence-corrected chi connectivity index (χ2v) is 3.30. The molecule has 0 fully saturated rings. The molecule has 76 valence electrons. The molecule has 2 rings (SSSR count). The molecular formula is C9H8Cl2O3. The Hall–Kier alpha value is -0.930. The maximum Gasteiger partial charge on any atom is 0.303 e. The molecule has 0 unspecified atom stereocenters. The minimum atomic E-state index is -0.745. The topological polar surface area (TPSA) is 50.4 Å². The number of carbonyl (C=O) groups is 1. The van der Waals surface area contributed by atoms with Crippen molar-refractivity contribution >= 4 is 40.3 Å². The molecule has 0 aromatic carbocycles. The number of fused-ring (bicyclic) bond motifs is 2. The summed E-state index contributed by atoms with van der Waals surface area (Å²) in [7, 11) is 0. The lowest BCUT2D eigenvalue weighted by molar-refractivity contribution is -0.136. The van der Waals surface area contributed by atoms with Crippen molar-refractivity contribution in [3.05, 3.63) is 22.2 Å². The van der Waals surface area contributed by atoms with E-state index >= 15 is 0 Å². The van der Waals surface area contributed by atoms with E-state index in [1.807, 2.05) is 0 Å². The summed E-state index contributed by atoms with van der Waals surface area (Å²) < 4.78 is 5.08. The molecule has 0 radical (unpaired) electrons. The molecule has 2 aromatic rings. The molecule has 0 amide bonds. The number of rotatable bonds is 1. The highest BCUT2D eigenvalue weighted by atomic mass is 35.5. The van der Waals surface area contributed by atoms with E-state index in [9.17, 15) is 4.79 Å². The van der Waals surface area contributed by atoms with Gasteiger partial charge in [0.15, 0.2) is 0 Å². The van der Waals surface area contributed by atoms with Crippen LogP contribution in [0.25, 0.3) is 11.2 Å². The monoisotopic (exact) mass is 234 g/mol. The molecule has 0 spiro atoms. The highest BCUT2D eigenvalue weighted by Gasteiger charge is 2.11. The summed E-state index contributed by atoms with van der Waals surface area (Å²) in [5, 5.41) is 8.77. The van der Waals surface area contributed by atoms with Crippen molar-refractivity contribution < 1.29 is 14.3 Å². The first kappa shape index (κ1) is 11.1. The third-order valence-corrected chi connectivity index (χ3v) is 2.38. The molecule has 0 aliphatic rings. The van der Waals surface area contributed by atoms with Gasteiger partial charge in [-0.05, 0) is 12.1 Å². The van der Waals surface area contributed by atoms with Crippen molar-refractivity contribution in [2.75, 3.05) is 0 Å². The quantitative estimate of drug-likeness (QED) is 0.820. The van der Waals surface area contributed by atoms with Crippen LogP contribution in [-0.2, 0) is 4.79 Å². The smallest absolute Gasteiger partial charge is 0.303 e. The molecule has 2 aromatic heterocycles. The average molecular weight is 235 g/mol. The Morgan fingerprint density at radius 2 is 1.71 bits per heavy atom. The van der Waals surface area contributed by atoms with Crippen molar-refractivity contribution in [2.24, 2.45) is 0 Å². The fraction of sp³-hybridized carbons (Fsp3) is 0.222. The van der Waals surface area contributed by atoms with Crippen LogP contribution in [0, 0.1) is 0 Å². The maximum absolute atomic E-state index is 9.37. The zero-order valence-corrected chi connectivity index (χ0v) is 8.89.